The molecule has 0 N–H and O–H groups in total. The summed E-state index contributed by atoms with van der Waals surface area (Å²) in [6, 6.07) is 14.7. The van der Waals surface area contributed by atoms with Crippen molar-refractivity contribution in [2.45, 2.75) is 31.7 Å². The van der Waals surface area contributed by atoms with Crippen molar-refractivity contribution < 1.29 is 9.59 Å². The number of carbonyl (C=O) groups excluding carboxylic acids is 2. The average molecular weight is 377 g/mol. The quantitative estimate of drug-likeness (QED) is 0.808. The van der Waals surface area contributed by atoms with Gasteiger partial charge in [-0.15, -0.1) is 0 Å². The van der Waals surface area contributed by atoms with E-state index in [1.807, 2.05) is 34.1 Å². The molecule has 3 aliphatic heterocycles. The van der Waals surface area contributed by atoms with Gasteiger partial charge in [0, 0.05) is 44.0 Å². The van der Waals surface area contributed by atoms with E-state index in [1.54, 1.807) is 0 Å². The van der Waals surface area contributed by atoms with Gasteiger partial charge in [0.1, 0.15) is 0 Å². The molecule has 0 saturated carbocycles. The molecule has 0 unspecified atom stereocenters. The Kier molecular flexibility index (Phi) is 4.55. The molecule has 3 heterocycles. The van der Waals surface area contributed by atoms with Crippen molar-refractivity contribution in [2.24, 2.45) is 5.92 Å². The van der Waals surface area contributed by atoms with Crippen molar-refractivity contribution >= 4 is 28.3 Å². The van der Waals surface area contributed by atoms with Gasteiger partial charge < -0.3 is 9.80 Å². The fraction of sp³-hybridized carbons (Fsp3) is 0.478. The molecule has 0 aromatic heterocycles. The van der Waals surface area contributed by atoms with Crippen molar-refractivity contribution in [3.8, 4) is 0 Å². The molecule has 3 saturated heterocycles. The highest BCUT2D eigenvalue weighted by atomic mass is 16.2. The maximum Gasteiger partial charge on any atom is 0.228 e. The molecule has 5 rings (SSSR count). The molecule has 146 valence electrons. The Hall–Kier alpha value is -2.40. The Bertz CT molecular complexity index is 906. The van der Waals surface area contributed by atoms with Crippen LogP contribution in [0.25, 0.3) is 10.8 Å². The van der Waals surface area contributed by atoms with Gasteiger partial charge in [-0.05, 0) is 37.3 Å². The Morgan fingerprint density at radius 3 is 2.68 bits per heavy atom. The third-order valence-electron chi connectivity index (χ3n) is 6.65. The molecule has 3 fully saturated rings. The number of fused-ring (bicyclic) bond motifs is 2. The zero-order valence-corrected chi connectivity index (χ0v) is 16.2. The van der Waals surface area contributed by atoms with Gasteiger partial charge in [0.25, 0.3) is 0 Å². The largest absolute Gasteiger partial charge is 0.341 e. The lowest BCUT2D eigenvalue weighted by atomic mass is 10.1. The van der Waals surface area contributed by atoms with E-state index < -0.39 is 0 Å². The summed E-state index contributed by atoms with van der Waals surface area (Å²) in [6.07, 6.45) is 3.79. The zero-order chi connectivity index (χ0) is 19.1. The SMILES string of the molecule is O=C([C@H]1CC(=O)N(c2cccc3ccccc23)C1)N1CCCN2CCC[C@@H]2C1. The summed E-state index contributed by atoms with van der Waals surface area (Å²) in [4.78, 5) is 32.5. The van der Waals surface area contributed by atoms with Gasteiger partial charge >= 0.3 is 0 Å². The molecule has 2 aromatic carbocycles. The lowest BCUT2D eigenvalue weighted by molar-refractivity contribution is -0.136. The number of carbonyl (C=O) groups is 2. The number of rotatable bonds is 2. The van der Waals surface area contributed by atoms with Crippen molar-refractivity contribution in [3.05, 3.63) is 42.5 Å². The van der Waals surface area contributed by atoms with Crippen LogP contribution in [0.15, 0.2) is 42.5 Å². The lowest BCUT2D eigenvalue weighted by Gasteiger charge is -2.27. The summed E-state index contributed by atoms with van der Waals surface area (Å²) < 4.78 is 0. The first-order valence-corrected chi connectivity index (χ1v) is 10.5. The zero-order valence-electron chi connectivity index (χ0n) is 16.2. The molecule has 28 heavy (non-hydrogen) atoms. The minimum absolute atomic E-state index is 0.0621. The predicted molar refractivity (Wildman–Crippen MR) is 110 cm³/mol. The monoisotopic (exact) mass is 377 g/mol. The van der Waals surface area contributed by atoms with Gasteiger partial charge in [-0.3, -0.25) is 14.5 Å². The van der Waals surface area contributed by atoms with Crippen LogP contribution < -0.4 is 4.90 Å². The second-order valence-corrected chi connectivity index (χ2v) is 8.37. The summed E-state index contributed by atoms with van der Waals surface area (Å²) in [5.74, 6) is 0.0104. The van der Waals surface area contributed by atoms with Crippen LogP contribution in [-0.2, 0) is 9.59 Å². The topological polar surface area (TPSA) is 43.9 Å². The Balaban J connectivity index is 1.35. The molecule has 2 aromatic rings. The lowest BCUT2D eigenvalue weighted by Crippen LogP contribution is -2.42. The van der Waals surface area contributed by atoms with Crippen molar-refractivity contribution in [3.63, 3.8) is 0 Å². The third kappa shape index (κ3) is 3.08. The molecule has 0 radical (unpaired) electrons. The van der Waals surface area contributed by atoms with E-state index in [2.05, 4.69) is 23.1 Å². The Morgan fingerprint density at radius 1 is 0.929 bits per heavy atom. The minimum Gasteiger partial charge on any atom is -0.341 e. The average Bonchev–Trinajstić information content (AvgIpc) is 3.27. The molecule has 3 aliphatic rings. The maximum absolute atomic E-state index is 13.3. The van der Waals surface area contributed by atoms with Crippen LogP contribution in [0.2, 0.25) is 0 Å². The van der Waals surface area contributed by atoms with Crippen LogP contribution in [0.4, 0.5) is 5.69 Å². The summed E-state index contributed by atoms with van der Waals surface area (Å²) >= 11 is 0. The van der Waals surface area contributed by atoms with Gasteiger partial charge in [0.15, 0.2) is 0 Å². The summed E-state index contributed by atoms with van der Waals surface area (Å²) in [5, 5.41) is 2.19. The van der Waals surface area contributed by atoms with Crippen LogP contribution in [0, 0.1) is 5.92 Å². The molecule has 0 aliphatic carbocycles. The molecular formula is C23H27N3O2. The van der Waals surface area contributed by atoms with E-state index in [1.165, 1.54) is 19.4 Å². The predicted octanol–water partition coefficient (Wildman–Crippen LogP) is 2.89. The van der Waals surface area contributed by atoms with Crippen molar-refractivity contribution in [1.29, 1.82) is 0 Å². The molecule has 2 amide bonds. The molecule has 5 nitrogen and oxygen atoms in total. The maximum atomic E-state index is 13.3. The molecule has 2 atom stereocenters. The van der Waals surface area contributed by atoms with Crippen LogP contribution in [0.1, 0.15) is 25.7 Å². The molecule has 5 heteroatoms. The van der Waals surface area contributed by atoms with Crippen molar-refractivity contribution in [2.75, 3.05) is 37.6 Å². The van der Waals surface area contributed by atoms with Crippen LogP contribution in [0.3, 0.4) is 0 Å². The summed E-state index contributed by atoms with van der Waals surface area (Å²) in [7, 11) is 0. The van der Waals surface area contributed by atoms with E-state index >= 15 is 0 Å². The van der Waals surface area contributed by atoms with Gasteiger partial charge in [-0.1, -0.05) is 36.4 Å². The van der Waals surface area contributed by atoms with Gasteiger partial charge in [0.05, 0.1) is 11.6 Å². The first-order valence-electron chi connectivity index (χ1n) is 10.5. The van der Waals surface area contributed by atoms with Crippen LogP contribution in [0.5, 0.6) is 0 Å². The van der Waals surface area contributed by atoms with E-state index in [9.17, 15) is 9.59 Å². The first-order chi connectivity index (χ1) is 13.7. The van der Waals surface area contributed by atoms with Gasteiger partial charge in [0.2, 0.25) is 11.8 Å². The van der Waals surface area contributed by atoms with Crippen LogP contribution in [-0.4, -0.2) is 60.4 Å². The summed E-state index contributed by atoms with van der Waals surface area (Å²) in [5.41, 5.74) is 0.927. The highest BCUT2D eigenvalue weighted by Crippen LogP contribution is 2.33. The fourth-order valence-corrected chi connectivity index (χ4v) is 5.21. The number of hydrogen-bond acceptors (Lipinski definition) is 3. The molecule has 0 bridgehead atoms. The van der Waals surface area contributed by atoms with Gasteiger partial charge in [-0.25, -0.2) is 0 Å². The smallest absolute Gasteiger partial charge is 0.228 e. The van der Waals surface area contributed by atoms with Crippen LogP contribution >= 0.6 is 0 Å². The highest BCUT2D eigenvalue weighted by molar-refractivity contribution is 6.07. The molecule has 0 spiro atoms. The van der Waals surface area contributed by atoms with E-state index in [-0.39, 0.29) is 17.7 Å². The number of anilines is 1. The number of hydrogen-bond donors (Lipinski definition) is 0. The second-order valence-electron chi connectivity index (χ2n) is 8.37. The second kappa shape index (κ2) is 7.21. The number of amides is 2. The van der Waals surface area contributed by atoms with Crippen molar-refractivity contribution in [1.82, 2.24) is 9.80 Å². The number of benzene rings is 2. The van der Waals surface area contributed by atoms with E-state index in [4.69, 9.17) is 0 Å². The molecular weight excluding hydrogens is 350 g/mol. The highest BCUT2D eigenvalue weighted by Gasteiger charge is 2.39. The Morgan fingerprint density at radius 2 is 1.75 bits per heavy atom. The fourth-order valence-electron chi connectivity index (χ4n) is 5.21. The van der Waals surface area contributed by atoms with Gasteiger partial charge in [-0.2, -0.15) is 0 Å². The normalized spacial score (nSPS) is 25.9. The standard InChI is InChI=1S/C23H27N3O2/c27-22-14-18(23(28)25-13-5-12-24-11-4-8-19(24)16-25)15-26(22)21-10-3-7-17-6-1-2-9-20(17)21/h1-3,6-7,9-10,18-19H,4-5,8,11-16H2/t18-,19+/m0/s1. The van der Waals surface area contributed by atoms with E-state index in [0.29, 0.717) is 19.0 Å². The van der Waals surface area contributed by atoms with E-state index in [0.717, 1.165) is 42.5 Å². The minimum atomic E-state index is -0.223. The number of nitrogens with zero attached hydrogens (tertiary/aromatic N) is 3. The third-order valence-corrected chi connectivity index (χ3v) is 6.65. The summed E-state index contributed by atoms with van der Waals surface area (Å²) in [6.45, 7) is 4.42. The Labute approximate surface area is 165 Å². The first kappa shape index (κ1) is 17.7.